The second kappa shape index (κ2) is 10.9. The molecule has 0 saturated carbocycles. The summed E-state index contributed by atoms with van der Waals surface area (Å²) in [5, 5.41) is 9.63. The number of nitrogens with one attached hydrogen (secondary N) is 1. The van der Waals surface area contributed by atoms with E-state index in [2.05, 4.69) is 29.2 Å². The van der Waals surface area contributed by atoms with Crippen molar-refractivity contribution in [3.8, 4) is 0 Å². The van der Waals surface area contributed by atoms with E-state index < -0.39 is 0 Å². The standard InChI is InChI=1S/C28H37N5O2/c1-3-25-24(19-32-14-10-21(11-15-32)27(34)20-8-6-5-7-9-20)26(30-22-12-16-35-17-13-22)23-18-29-33(4-2)28(23)31-25/h5-9,18,21-22H,3-4,10-17,19H2,1-2H3,(H,30,31). The lowest BCUT2D eigenvalue weighted by Gasteiger charge is -2.33. The molecule has 2 fully saturated rings. The minimum atomic E-state index is 0.113. The van der Waals surface area contributed by atoms with Crippen LogP contribution in [-0.2, 0) is 24.2 Å². The Morgan fingerprint density at radius 3 is 2.51 bits per heavy atom. The molecule has 0 atom stereocenters. The van der Waals surface area contributed by atoms with Gasteiger partial charge in [-0.1, -0.05) is 37.3 Å². The summed E-state index contributed by atoms with van der Waals surface area (Å²) in [4.78, 5) is 20.5. The van der Waals surface area contributed by atoms with Gasteiger partial charge in [-0.15, -0.1) is 0 Å². The lowest BCUT2D eigenvalue weighted by atomic mass is 9.88. The molecule has 2 aromatic heterocycles. The molecule has 35 heavy (non-hydrogen) atoms. The maximum atomic E-state index is 13.0. The lowest BCUT2D eigenvalue weighted by molar-refractivity contribution is 0.0834. The molecular weight excluding hydrogens is 438 g/mol. The van der Waals surface area contributed by atoms with Gasteiger partial charge in [0.15, 0.2) is 11.4 Å². The van der Waals surface area contributed by atoms with Gasteiger partial charge < -0.3 is 10.1 Å². The first-order chi connectivity index (χ1) is 17.2. The van der Waals surface area contributed by atoms with E-state index in [0.29, 0.717) is 6.04 Å². The van der Waals surface area contributed by atoms with E-state index in [1.54, 1.807) is 0 Å². The highest BCUT2D eigenvalue weighted by atomic mass is 16.5. The number of likely N-dealkylation sites (tertiary alicyclic amines) is 1. The van der Waals surface area contributed by atoms with Crippen LogP contribution in [0.4, 0.5) is 5.69 Å². The summed E-state index contributed by atoms with van der Waals surface area (Å²) >= 11 is 0. The van der Waals surface area contributed by atoms with Gasteiger partial charge in [0.1, 0.15) is 0 Å². The maximum absolute atomic E-state index is 13.0. The number of anilines is 1. The number of aromatic nitrogens is 3. The first-order valence-corrected chi connectivity index (χ1v) is 13.2. The number of carbonyl (C=O) groups excluding carboxylic acids is 1. The molecule has 0 amide bonds. The van der Waals surface area contributed by atoms with Gasteiger partial charge in [0, 0.05) is 55.1 Å². The van der Waals surface area contributed by atoms with Crippen LogP contribution in [0.5, 0.6) is 0 Å². The maximum Gasteiger partial charge on any atom is 0.166 e. The van der Waals surface area contributed by atoms with Crippen molar-refractivity contribution in [1.29, 1.82) is 0 Å². The van der Waals surface area contributed by atoms with Crippen molar-refractivity contribution in [3.05, 3.63) is 53.3 Å². The first kappa shape index (κ1) is 23.9. The van der Waals surface area contributed by atoms with Crippen molar-refractivity contribution in [2.45, 2.75) is 65.1 Å². The number of ketones is 1. The molecule has 0 aliphatic carbocycles. The van der Waals surface area contributed by atoms with Crippen molar-refractivity contribution in [2.75, 3.05) is 31.6 Å². The van der Waals surface area contributed by atoms with Crippen LogP contribution in [0, 0.1) is 5.92 Å². The predicted octanol–water partition coefficient (Wildman–Crippen LogP) is 4.70. The third-order valence-corrected chi connectivity index (χ3v) is 7.57. The zero-order chi connectivity index (χ0) is 24.2. The second-order valence-electron chi connectivity index (χ2n) is 9.77. The van der Waals surface area contributed by atoms with Crippen molar-refractivity contribution in [2.24, 2.45) is 5.92 Å². The van der Waals surface area contributed by atoms with Gasteiger partial charge in [-0.05, 0) is 52.1 Å². The Balaban J connectivity index is 1.38. The van der Waals surface area contributed by atoms with Crippen LogP contribution in [0.3, 0.4) is 0 Å². The van der Waals surface area contributed by atoms with Crippen molar-refractivity contribution >= 4 is 22.5 Å². The summed E-state index contributed by atoms with van der Waals surface area (Å²) in [6.45, 7) is 9.41. The highest BCUT2D eigenvalue weighted by Gasteiger charge is 2.28. The number of ether oxygens (including phenoxy) is 1. The van der Waals surface area contributed by atoms with E-state index >= 15 is 0 Å². The number of aryl methyl sites for hydroxylation is 2. The molecule has 1 N–H and O–H groups in total. The average molecular weight is 476 g/mol. The Labute approximate surface area is 207 Å². The number of fused-ring (bicyclic) bond motifs is 1. The van der Waals surface area contributed by atoms with Crippen LogP contribution < -0.4 is 5.32 Å². The van der Waals surface area contributed by atoms with Crippen molar-refractivity contribution in [1.82, 2.24) is 19.7 Å². The minimum absolute atomic E-state index is 0.113. The number of Topliss-reactive ketones (excluding diaryl/α,β-unsaturated/α-hetero) is 1. The number of benzene rings is 1. The fraction of sp³-hybridized carbons (Fsp3) is 0.536. The molecule has 7 nitrogen and oxygen atoms in total. The number of pyridine rings is 1. The molecule has 0 bridgehead atoms. The molecule has 4 heterocycles. The number of piperidine rings is 1. The van der Waals surface area contributed by atoms with Gasteiger partial charge in [-0.3, -0.25) is 9.69 Å². The molecule has 7 heteroatoms. The highest BCUT2D eigenvalue weighted by molar-refractivity contribution is 5.97. The van der Waals surface area contributed by atoms with E-state index in [1.165, 1.54) is 11.3 Å². The molecule has 186 valence electrons. The number of rotatable bonds is 8. The SMILES string of the molecule is CCc1nc2c(cnn2CC)c(NC2CCOCC2)c1CN1CCC(C(=O)c2ccccc2)CC1. The van der Waals surface area contributed by atoms with Crippen LogP contribution in [-0.4, -0.2) is 57.8 Å². The minimum Gasteiger partial charge on any atom is -0.381 e. The van der Waals surface area contributed by atoms with Crippen molar-refractivity contribution in [3.63, 3.8) is 0 Å². The van der Waals surface area contributed by atoms with Crippen molar-refractivity contribution < 1.29 is 9.53 Å². The Morgan fingerprint density at radius 2 is 1.83 bits per heavy atom. The monoisotopic (exact) mass is 475 g/mol. The molecule has 5 rings (SSSR count). The fourth-order valence-corrected chi connectivity index (χ4v) is 5.50. The molecule has 2 aliphatic heterocycles. The van der Waals surface area contributed by atoms with E-state index in [1.807, 2.05) is 41.2 Å². The predicted molar refractivity (Wildman–Crippen MR) is 139 cm³/mol. The van der Waals surface area contributed by atoms with Crippen LogP contribution in [0.2, 0.25) is 0 Å². The molecule has 0 unspecified atom stereocenters. The molecule has 1 aromatic carbocycles. The third-order valence-electron chi connectivity index (χ3n) is 7.57. The quantitative estimate of drug-likeness (QED) is 0.476. The summed E-state index contributed by atoms with van der Waals surface area (Å²) in [6, 6.07) is 10.1. The van der Waals surface area contributed by atoms with Crippen LogP contribution >= 0.6 is 0 Å². The van der Waals surface area contributed by atoms with E-state index in [4.69, 9.17) is 9.72 Å². The van der Waals surface area contributed by atoms with E-state index in [0.717, 1.165) is 93.8 Å². The Hall–Kier alpha value is -2.77. The zero-order valence-electron chi connectivity index (χ0n) is 21.0. The van der Waals surface area contributed by atoms with E-state index in [9.17, 15) is 4.79 Å². The first-order valence-electron chi connectivity index (χ1n) is 13.2. The Morgan fingerprint density at radius 1 is 1.09 bits per heavy atom. The smallest absolute Gasteiger partial charge is 0.166 e. The Bertz CT molecular complexity index is 1150. The normalized spacial score (nSPS) is 18.2. The molecule has 3 aromatic rings. The van der Waals surface area contributed by atoms with Gasteiger partial charge in [-0.25, -0.2) is 9.67 Å². The van der Waals surface area contributed by atoms with E-state index in [-0.39, 0.29) is 11.7 Å². The summed E-state index contributed by atoms with van der Waals surface area (Å²) in [5.41, 5.74) is 5.43. The molecular formula is C28H37N5O2. The van der Waals surface area contributed by atoms with Gasteiger partial charge in [0.05, 0.1) is 17.3 Å². The Kier molecular flexibility index (Phi) is 7.44. The van der Waals surface area contributed by atoms with Crippen LogP contribution in [0.1, 0.15) is 61.1 Å². The fourth-order valence-electron chi connectivity index (χ4n) is 5.50. The van der Waals surface area contributed by atoms with Crippen LogP contribution in [0.25, 0.3) is 11.0 Å². The van der Waals surface area contributed by atoms with Crippen LogP contribution in [0.15, 0.2) is 36.5 Å². The second-order valence-corrected chi connectivity index (χ2v) is 9.77. The zero-order valence-corrected chi connectivity index (χ0v) is 21.0. The average Bonchev–Trinajstić information content (AvgIpc) is 3.33. The number of carbonyl (C=O) groups is 1. The summed E-state index contributed by atoms with van der Waals surface area (Å²) < 4.78 is 7.59. The molecule has 2 aliphatic rings. The summed E-state index contributed by atoms with van der Waals surface area (Å²) in [7, 11) is 0. The molecule has 0 radical (unpaired) electrons. The topological polar surface area (TPSA) is 72.3 Å². The van der Waals surface area contributed by atoms with Gasteiger partial charge in [0.25, 0.3) is 0 Å². The lowest BCUT2D eigenvalue weighted by Crippen LogP contribution is -2.36. The number of hydrogen-bond donors (Lipinski definition) is 1. The van der Waals surface area contributed by atoms with Gasteiger partial charge in [0.2, 0.25) is 0 Å². The third kappa shape index (κ3) is 5.11. The summed E-state index contributed by atoms with van der Waals surface area (Å²) in [5.74, 6) is 0.402. The number of hydrogen-bond acceptors (Lipinski definition) is 6. The molecule has 2 saturated heterocycles. The summed E-state index contributed by atoms with van der Waals surface area (Å²) in [6.07, 6.45) is 6.69. The van der Waals surface area contributed by atoms with Gasteiger partial charge >= 0.3 is 0 Å². The molecule has 0 spiro atoms. The largest absolute Gasteiger partial charge is 0.381 e. The van der Waals surface area contributed by atoms with Gasteiger partial charge in [-0.2, -0.15) is 5.10 Å². The highest BCUT2D eigenvalue weighted by Crippen LogP contribution is 2.33. The number of nitrogens with zero attached hydrogens (tertiary/aromatic N) is 4.